The van der Waals surface area contributed by atoms with Gasteiger partial charge in [0.25, 0.3) is 5.91 Å². The summed E-state index contributed by atoms with van der Waals surface area (Å²) < 4.78 is 0. The van der Waals surface area contributed by atoms with Crippen molar-refractivity contribution in [1.82, 2.24) is 5.32 Å². The van der Waals surface area contributed by atoms with E-state index in [0.29, 0.717) is 23.4 Å². The maximum absolute atomic E-state index is 11.9. The Kier molecular flexibility index (Phi) is 4.44. The summed E-state index contributed by atoms with van der Waals surface area (Å²) in [7, 11) is 0. The highest BCUT2D eigenvalue weighted by Gasteiger charge is 2.31. The zero-order valence-electron chi connectivity index (χ0n) is 9.45. The number of carbonyl (C=O) groups is 1. The quantitative estimate of drug-likeness (QED) is 0.795. The molecule has 1 aromatic rings. The number of nitrogens with two attached hydrogens (primary N) is 1. The van der Waals surface area contributed by atoms with Crippen molar-refractivity contribution in [3.63, 3.8) is 0 Å². The molecule has 3 nitrogen and oxygen atoms in total. The number of thiophene rings is 1. The predicted octanol–water partition coefficient (Wildman–Crippen LogP) is 2.32. The largest absolute Gasteiger partial charge is 0.391 e. The first-order valence-corrected chi connectivity index (χ1v) is 6.55. The first kappa shape index (κ1) is 13.1. The third-order valence-corrected chi connectivity index (χ3v) is 3.89. The second kappa shape index (κ2) is 5.41. The number of amides is 1. The fourth-order valence-electron chi connectivity index (χ4n) is 1.52. The van der Waals surface area contributed by atoms with E-state index in [9.17, 15) is 4.79 Å². The molecule has 5 heteroatoms. The van der Waals surface area contributed by atoms with Gasteiger partial charge in [-0.2, -0.15) is 11.3 Å². The molecule has 0 saturated carbocycles. The summed E-state index contributed by atoms with van der Waals surface area (Å²) in [5.41, 5.74) is 5.81. The van der Waals surface area contributed by atoms with Crippen LogP contribution in [0.15, 0.2) is 16.8 Å². The van der Waals surface area contributed by atoms with Crippen LogP contribution in [0.2, 0.25) is 0 Å². The summed E-state index contributed by atoms with van der Waals surface area (Å²) in [5, 5.41) is 6.61. The highest BCUT2D eigenvalue weighted by molar-refractivity contribution is 7.80. The number of nitrogens with one attached hydrogen (secondary N) is 1. The van der Waals surface area contributed by atoms with Crippen LogP contribution in [0.25, 0.3) is 0 Å². The molecule has 0 aliphatic heterocycles. The first-order valence-electron chi connectivity index (χ1n) is 5.20. The molecular weight excluding hydrogens is 240 g/mol. The van der Waals surface area contributed by atoms with Crippen LogP contribution in [-0.4, -0.2) is 16.4 Å². The van der Waals surface area contributed by atoms with Gasteiger partial charge in [0.1, 0.15) is 0 Å². The van der Waals surface area contributed by atoms with Crippen molar-refractivity contribution in [1.29, 1.82) is 0 Å². The second-order valence-corrected chi connectivity index (χ2v) is 4.84. The molecule has 0 bridgehead atoms. The zero-order valence-corrected chi connectivity index (χ0v) is 11.1. The van der Waals surface area contributed by atoms with E-state index >= 15 is 0 Å². The van der Waals surface area contributed by atoms with Crippen molar-refractivity contribution in [3.05, 3.63) is 22.4 Å². The van der Waals surface area contributed by atoms with Crippen molar-refractivity contribution in [3.8, 4) is 0 Å². The Hall–Kier alpha value is -0.940. The molecule has 1 heterocycles. The van der Waals surface area contributed by atoms with Crippen LogP contribution in [0, 0.1) is 0 Å². The Balaban J connectivity index is 2.84. The Morgan fingerprint density at radius 2 is 2.19 bits per heavy atom. The van der Waals surface area contributed by atoms with Crippen molar-refractivity contribution in [2.75, 3.05) is 0 Å². The normalized spacial score (nSPS) is 11.1. The number of rotatable bonds is 5. The summed E-state index contributed by atoms with van der Waals surface area (Å²) in [6, 6.07) is 1.79. The SMILES string of the molecule is CCC(CC)(NC(=O)c1ccsc1)C(N)=S. The summed E-state index contributed by atoms with van der Waals surface area (Å²) in [5.74, 6) is -0.113. The molecule has 1 rings (SSSR count). The minimum atomic E-state index is -0.561. The van der Waals surface area contributed by atoms with Crippen molar-refractivity contribution >= 4 is 34.5 Å². The molecule has 0 radical (unpaired) electrons. The average molecular weight is 256 g/mol. The van der Waals surface area contributed by atoms with Gasteiger partial charge in [0.15, 0.2) is 0 Å². The van der Waals surface area contributed by atoms with E-state index < -0.39 is 5.54 Å². The van der Waals surface area contributed by atoms with E-state index in [1.807, 2.05) is 24.6 Å². The van der Waals surface area contributed by atoms with E-state index in [-0.39, 0.29) is 5.91 Å². The fourth-order valence-corrected chi connectivity index (χ4v) is 2.50. The lowest BCUT2D eigenvalue weighted by molar-refractivity contribution is 0.0920. The Bertz CT molecular complexity index is 369. The van der Waals surface area contributed by atoms with Gasteiger partial charge in [-0.05, 0) is 24.3 Å². The van der Waals surface area contributed by atoms with Gasteiger partial charge in [0, 0.05) is 5.38 Å². The summed E-state index contributed by atoms with van der Waals surface area (Å²) in [4.78, 5) is 12.3. The molecule has 16 heavy (non-hydrogen) atoms. The van der Waals surface area contributed by atoms with Crippen LogP contribution >= 0.6 is 23.6 Å². The number of carbonyl (C=O) groups excluding carboxylic acids is 1. The smallest absolute Gasteiger partial charge is 0.252 e. The lowest BCUT2D eigenvalue weighted by Crippen LogP contribution is -2.55. The first-order chi connectivity index (χ1) is 7.55. The molecule has 0 spiro atoms. The average Bonchev–Trinajstić information content (AvgIpc) is 2.78. The van der Waals surface area contributed by atoms with E-state index in [1.165, 1.54) is 11.3 Å². The third kappa shape index (κ3) is 2.59. The summed E-state index contributed by atoms with van der Waals surface area (Å²) in [6.07, 6.45) is 1.41. The highest BCUT2D eigenvalue weighted by atomic mass is 32.1. The molecule has 0 aromatic carbocycles. The number of thiocarbonyl (C=S) groups is 1. The van der Waals surface area contributed by atoms with Gasteiger partial charge in [-0.15, -0.1) is 0 Å². The number of hydrogen-bond acceptors (Lipinski definition) is 3. The standard InChI is InChI=1S/C11H16N2OS2/c1-3-11(4-2,10(12)15)13-9(14)8-5-6-16-7-8/h5-7H,3-4H2,1-2H3,(H2,12,15)(H,13,14). The van der Waals surface area contributed by atoms with Gasteiger partial charge in [-0.25, -0.2) is 0 Å². The molecule has 0 saturated heterocycles. The second-order valence-electron chi connectivity index (χ2n) is 3.62. The molecule has 1 aromatic heterocycles. The Labute approximate surface area is 105 Å². The Morgan fingerprint density at radius 3 is 2.56 bits per heavy atom. The van der Waals surface area contributed by atoms with Crippen LogP contribution in [0.5, 0.6) is 0 Å². The third-order valence-electron chi connectivity index (χ3n) is 2.81. The molecular formula is C11H16N2OS2. The molecule has 0 aliphatic rings. The van der Waals surface area contributed by atoms with Gasteiger partial charge in [-0.3, -0.25) is 4.79 Å². The predicted molar refractivity (Wildman–Crippen MR) is 71.9 cm³/mol. The topological polar surface area (TPSA) is 55.1 Å². The van der Waals surface area contributed by atoms with E-state index in [2.05, 4.69) is 5.32 Å². The van der Waals surface area contributed by atoms with Gasteiger partial charge in [0.2, 0.25) is 0 Å². The molecule has 3 N–H and O–H groups in total. The van der Waals surface area contributed by atoms with Crippen molar-refractivity contribution < 1.29 is 4.79 Å². The van der Waals surface area contributed by atoms with Gasteiger partial charge >= 0.3 is 0 Å². The maximum Gasteiger partial charge on any atom is 0.252 e. The lowest BCUT2D eigenvalue weighted by atomic mass is 9.92. The fraction of sp³-hybridized carbons (Fsp3) is 0.455. The van der Waals surface area contributed by atoms with E-state index in [4.69, 9.17) is 18.0 Å². The maximum atomic E-state index is 11.9. The van der Waals surface area contributed by atoms with Crippen LogP contribution in [-0.2, 0) is 0 Å². The van der Waals surface area contributed by atoms with Crippen LogP contribution < -0.4 is 11.1 Å². The molecule has 0 aliphatic carbocycles. The minimum absolute atomic E-state index is 0.113. The highest BCUT2D eigenvalue weighted by Crippen LogP contribution is 2.17. The van der Waals surface area contributed by atoms with Gasteiger partial charge < -0.3 is 11.1 Å². The summed E-state index contributed by atoms with van der Waals surface area (Å²) >= 11 is 6.53. The van der Waals surface area contributed by atoms with Crippen LogP contribution in [0.4, 0.5) is 0 Å². The van der Waals surface area contributed by atoms with Crippen LogP contribution in [0.1, 0.15) is 37.0 Å². The number of hydrogen-bond donors (Lipinski definition) is 2. The van der Waals surface area contributed by atoms with Gasteiger partial charge in [0.05, 0.1) is 16.1 Å². The Morgan fingerprint density at radius 1 is 1.56 bits per heavy atom. The molecule has 88 valence electrons. The van der Waals surface area contributed by atoms with Gasteiger partial charge in [-0.1, -0.05) is 26.1 Å². The van der Waals surface area contributed by atoms with Crippen molar-refractivity contribution in [2.45, 2.75) is 32.2 Å². The molecule has 0 fully saturated rings. The molecule has 0 unspecified atom stereocenters. The van der Waals surface area contributed by atoms with E-state index in [1.54, 1.807) is 6.07 Å². The van der Waals surface area contributed by atoms with Crippen molar-refractivity contribution in [2.24, 2.45) is 5.73 Å². The molecule has 1 amide bonds. The van der Waals surface area contributed by atoms with E-state index in [0.717, 1.165) is 0 Å². The lowest BCUT2D eigenvalue weighted by Gasteiger charge is -2.31. The monoisotopic (exact) mass is 256 g/mol. The minimum Gasteiger partial charge on any atom is -0.391 e. The summed E-state index contributed by atoms with van der Waals surface area (Å²) in [6.45, 7) is 3.94. The molecule has 0 atom stereocenters. The van der Waals surface area contributed by atoms with Crippen LogP contribution in [0.3, 0.4) is 0 Å². The zero-order chi connectivity index (χ0) is 12.2.